The van der Waals surface area contributed by atoms with Gasteiger partial charge in [0.1, 0.15) is 0 Å². The number of anilines is 1. The molecule has 0 bridgehead atoms. The Kier molecular flexibility index (Phi) is 4.63. The molecule has 0 saturated heterocycles. The standard InChI is InChI=1S/C14H17ClN2O2S2/c1-9-6-11(16)7-13(10(9)2)21(18,19)17(3)8-12-4-5-14(15)20-12/h4-7H,8,16H2,1-3H3. The minimum atomic E-state index is -3.59. The van der Waals surface area contributed by atoms with Gasteiger partial charge in [0.2, 0.25) is 10.0 Å². The average molecular weight is 345 g/mol. The number of benzene rings is 1. The molecule has 0 aliphatic heterocycles. The Hall–Kier alpha value is -1.08. The van der Waals surface area contributed by atoms with Crippen LogP contribution >= 0.6 is 22.9 Å². The molecule has 0 aliphatic carbocycles. The van der Waals surface area contributed by atoms with Crippen LogP contribution in [0.4, 0.5) is 5.69 Å². The van der Waals surface area contributed by atoms with Gasteiger partial charge < -0.3 is 5.73 Å². The number of rotatable bonds is 4. The van der Waals surface area contributed by atoms with E-state index < -0.39 is 10.0 Å². The van der Waals surface area contributed by atoms with Crippen molar-refractivity contribution in [1.29, 1.82) is 0 Å². The van der Waals surface area contributed by atoms with E-state index in [2.05, 4.69) is 0 Å². The number of sulfonamides is 1. The molecule has 0 fully saturated rings. The van der Waals surface area contributed by atoms with Crippen LogP contribution in [-0.4, -0.2) is 19.8 Å². The number of halogens is 1. The lowest BCUT2D eigenvalue weighted by Crippen LogP contribution is -2.27. The van der Waals surface area contributed by atoms with E-state index in [-0.39, 0.29) is 11.4 Å². The van der Waals surface area contributed by atoms with Gasteiger partial charge in [-0.05, 0) is 49.2 Å². The van der Waals surface area contributed by atoms with Crippen molar-refractivity contribution in [3.05, 3.63) is 44.6 Å². The van der Waals surface area contributed by atoms with Gasteiger partial charge >= 0.3 is 0 Å². The van der Waals surface area contributed by atoms with Gasteiger partial charge in [-0.1, -0.05) is 11.6 Å². The van der Waals surface area contributed by atoms with E-state index >= 15 is 0 Å². The Morgan fingerprint density at radius 2 is 1.95 bits per heavy atom. The first-order valence-corrected chi connectivity index (χ1v) is 8.92. The van der Waals surface area contributed by atoms with Gasteiger partial charge in [0.25, 0.3) is 0 Å². The van der Waals surface area contributed by atoms with Crippen LogP contribution in [0.1, 0.15) is 16.0 Å². The molecule has 0 spiro atoms. The molecule has 7 heteroatoms. The van der Waals surface area contributed by atoms with Crippen molar-refractivity contribution in [1.82, 2.24) is 4.31 Å². The van der Waals surface area contributed by atoms with E-state index in [4.69, 9.17) is 17.3 Å². The van der Waals surface area contributed by atoms with E-state index in [1.165, 1.54) is 21.7 Å². The summed E-state index contributed by atoms with van der Waals surface area (Å²) in [6.45, 7) is 3.92. The fraction of sp³-hybridized carbons (Fsp3) is 0.286. The first kappa shape index (κ1) is 16.3. The van der Waals surface area contributed by atoms with Crippen LogP contribution in [0, 0.1) is 13.8 Å². The molecule has 1 aromatic heterocycles. The van der Waals surface area contributed by atoms with E-state index in [9.17, 15) is 8.42 Å². The maximum atomic E-state index is 12.7. The summed E-state index contributed by atoms with van der Waals surface area (Å²) in [6.07, 6.45) is 0. The van der Waals surface area contributed by atoms with Crippen LogP contribution in [0.5, 0.6) is 0 Å². The van der Waals surface area contributed by atoms with Crippen LogP contribution in [0.15, 0.2) is 29.2 Å². The van der Waals surface area contributed by atoms with Crippen molar-refractivity contribution in [2.45, 2.75) is 25.3 Å². The molecule has 2 rings (SSSR count). The topological polar surface area (TPSA) is 63.4 Å². The van der Waals surface area contributed by atoms with Crippen molar-refractivity contribution < 1.29 is 8.42 Å². The third-order valence-corrected chi connectivity index (χ3v) is 6.48. The third kappa shape index (κ3) is 3.40. The monoisotopic (exact) mass is 344 g/mol. The average Bonchev–Trinajstić information content (AvgIpc) is 2.79. The Labute approximate surface area is 134 Å². The number of nitrogen functional groups attached to an aromatic ring is 1. The second kappa shape index (κ2) is 5.96. The summed E-state index contributed by atoms with van der Waals surface area (Å²) >= 11 is 7.25. The summed E-state index contributed by atoms with van der Waals surface area (Å²) in [5.74, 6) is 0. The Bertz CT molecular complexity index is 769. The molecular weight excluding hydrogens is 328 g/mol. The van der Waals surface area contributed by atoms with Crippen molar-refractivity contribution in [2.75, 3.05) is 12.8 Å². The maximum Gasteiger partial charge on any atom is 0.243 e. The van der Waals surface area contributed by atoms with Crippen LogP contribution in [0.25, 0.3) is 0 Å². The predicted molar refractivity (Wildman–Crippen MR) is 88.3 cm³/mol. The first-order valence-electron chi connectivity index (χ1n) is 6.29. The molecule has 2 aromatic rings. The van der Waals surface area contributed by atoms with E-state index in [0.29, 0.717) is 10.0 Å². The summed E-state index contributed by atoms with van der Waals surface area (Å²) in [5.41, 5.74) is 7.82. The molecule has 21 heavy (non-hydrogen) atoms. The Morgan fingerprint density at radius 3 is 2.52 bits per heavy atom. The van der Waals surface area contributed by atoms with Gasteiger partial charge in [-0.2, -0.15) is 4.31 Å². The van der Waals surface area contributed by atoms with Gasteiger partial charge in [-0.15, -0.1) is 11.3 Å². The van der Waals surface area contributed by atoms with Crippen LogP contribution in [-0.2, 0) is 16.6 Å². The number of aryl methyl sites for hydroxylation is 1. The quantitative estimate of drug-likeness (QED) is 0.864. The molecule has 0 radical (unpaired) electrons. The van der Waals surface area contributed by atoms with Gasteiger partial charge in [0.05, 0.1) is 9.23 Å². The normalized spacial score (nSPS) is 12.0. The number of hydrogen-bond donors (Lipinski definition) is 1. The lowest BCUT2D eigenvalue weighted by molar-refractivity contribution is 0.469. The summed E-state index contributed by atoms with van der Waals surface area (Å²) < 4.78 is 27.4. The van der Waals surface area contributed by atoms with Crippen molar-refractivity contribution in [2.24, 2.45) is 0 Å². The molecular formula is C14H17ClN2O2S2. The lowest BCUT2D eigenvalue weighted by Gasteiger charge is -2.19. The van der Waals surface area contributed by atoms with Crippen molar-refractivity contribution >= 4 is 38.6 Å². The molecule has 0 atom stereocenters. The minimum Gasteiger partial charge on any atom is -0.399 e. The zero-order valence-corrected chi connectivity index (χ0v) is 14.4. The zero-order valence-electron chi connectivity index (χ0n) is 12.1. The highest BCUT2D eigenvalue weighted by Gasteiger charge is 2.24. The molecule has 2 N–H and O–H groups in total. The fourth-order valence-electron chi connectivity index (χ4n) is 2.03. The second-order valence-corrected chi connectivity index (χ2v) is 8.74. The molecule has 0 amide bonds. The zero-order chi connectivity index (χ0) is 15.8. The smallest absolute Gasteiger partial charge is 0.243 e. The van der Waals surface area contributed by atoms with Gasteiger partial charge in [-0.3, -0.25) is 0 Å². The first-order chi connectivity index (χ1) is 9.71. The number of hydrogen-bond acceptors (Lipinski definition) is 4. The van der Waals surface area contributed by atoms with Gasteiger partial charge in [-0.25, -0.2) is 8.42 Å². The summed E-state index contributed by atoms with van der Waals surface area (Å²) in [6, 6.07) is 6.87. The molecule has 0 saturated carbocycles. The van der Waals surface area contributed by atoms with Crippen LogP contribution < -0.4 is 5.73 Å². The molecule has 1 aromatic carbocycles. The largest absolute Gasteiger partial charge is 0.399 e. The minimum absolute atomic E-state index is 0.255. The number of nitrogens with zero attached hydrogens (tertiary/aromatic N) is 1. The third-order valence-electron chi connectivity index (χ3n) is 3.34. The number of thiophene rings is 1. The summed E-state index contributed by atoms with van der Waals surface area (Å²) in [7, 11) is -2.03. The lowest BCUT2D eigenvalue weighted by atomic mass is 10.1. The van der Waals surface area contributed by atoms with Crippen molar-refractivity contribution in [3.8, 4) is 0 Å². The van der Waals surface area contributed by atoms with Crippen LogP contribution in [0.2, 0.25) is 4.34 Å². The Morgan fingerprint density at radius 1 is 1.29 bits per heavy atom. The summed E-state index contributed by atoms with van der Waals surface area (Å²) in [4.78, 5) is 1.15. The molecule has 1 heterocycles. The van der Waals surface area contributed by atoms with Crippen LogP contribution in [0.3, 0.4) is 0 Å². The second-order valence-electron chi connectivity index (χ2n) is 4.93. The maximum absolute atomic E-state index is 12.7. The summed E-state index contributed by atoms with van der Waals surface area (Å²) in [5, 5.41) is 0. The molecule has 0 aliphatic rings. The predicted octanol–water partition coefficient (Wildman–Crippen LogP) is 3.42. The molecule has 114 valence electrons. The fourth-order valence-corrected chi connectivity index (χ4v) is 4.73. The number of nitrogens with two attached hydrogens (primary N) is 1. The highest BCUT2D eigenvalue weighted by Crippen LogP contribution is 2.28. The van der Waals surface area contributed by atoms with E-state index in [1.54, 1.807) is 26.1 Å². The Balaban J connectivity index is 2.37. The van der Waals surface area contributed by atoms with E-state index in [1.807, 2.05) is 13.0 Å². The molecule has 0 unspecified atom stereocenters. The SMILES string of the molecule is Cc1cc(N)cc(S(=O)(=O)N(C)Cc2ccc(Cl)s2)c1C. The van der Waals surface area contributed by atoms with Crippen molar-refractivity contribution in [3.63, 3.8) is 0 Å². The molecule has 4 nitrogen and oxygen atoms in total. The highest BCUT2D eigenvalue weighted by molar-refractivity contribution is 7.89. The highest BCUT2D eigenvalue weighted by atomic mass is 35.5. The van der Waals surface area contributed by atoms with Gasteiger partial charge in [0.15, 0.2) is 0 Å². The van der Waals surface area contributed by atoms with E-state index in [0.717, 1.165) is 16.0 Å². The van der Waals surface area contributed by atoms with Gasteiger partial charge in [0, 0.05) is 24.2 Å².